The van der Waals surface area contributed by atoms with E-state index in [1.807, 2.05) is 30.3 Å². The molecule has 0 aliphatic rings. The molecule has 0 fully saturated rings. The smallest absolute Gasteiger partial charge is 0.120 e. The SMILES string of the molecule is C[C@@H](NCc1ccc(Cl)c(Br)c1)c1ccco1. The van der Waals surface area contributed by atoms with Gasteiger partial charge in [0, 0.05) is 11.0 Å². The van der Waals surface area contributed by atoms with E-state index in [4.69, 9.17) is 16.0 Å². The third kappa shape index (κ3) is 3.35. The molecule has 0 bridgehead atoms. The molecule has 17 heavy (non-hydrogen) atoms. The highest BCUT2D eigenvalue weighted by Crippen LogP contribution is 2.23. The number of rotatable bonds is 4. The van der Waals surface area contributed by atoms with Crippen molar-refractivity contribution in [3.8, 4) is 0 Å². The number of hydrogen-bond donors (Lipinski definition) is 1. The van der Waals surface area contributed by atoms with E-state index in [0.29, 0.717) is 0 Å². The van der Waals surface area contributed by atoms with Crippen LogP contribution >= 0.6 is 27.5 Å². The lowest BCUT2D eigenvalue weighted by atomic mass is 10.2. The fourth-order valence-electron chi connectivity index (χ4n) is 1.56. The summed E-state index contributed by atoms with van der Waals surface area (Å²) in [5, 5.41) is 4.12. The van der Waals surface area contributed by atoms with E-state index >= 15 is 0 Å². The Morgan fingerprint density at radius 1 is 1.41 bits per heavy atom. The van der Waals surface area contributed by atoms with Crippen LogP contribution in [0.3, 0.4) is 0 Å². The molecule has 2 rings (SSSR count). The Kier molecular flexibility index (Phi) is 4.26. The minimum absolute atomic E-state index is 0.194. The molecule has 4 heteroatoms. The molecule has 90 valence electrons. The van der Waals surface area contributed by atoms with Crippen LogP contribution in [0, 0.1) is 0 Å². The first-order valence-corrected chi connectivity index (χ1v) is 6.54. The van der Waals surface area contributed by atoms with Gasteiger partial charge in [0.25, 0.3) is 0 Å². The lowest BCUT2D eigenvalue weighted by Crippen LogP contribution is -2.17. The Morgan fingerprint density at radius 3 is 2.88 bits per heavy atom. The van der Waals surface area contributed by atoms with Gasteiger partial charge in [0.05, 0.1) is 17.3 Å². The zero-order valence-electron chi connectivity index (χ0n) is 9.41. The maximum absolute atomic E-state index is 5.94. The summed E-state index contributed by atoms with van der Waals surface area (Å²) in [6, 6.07) is 9.97. The molecule has 0 aliphatic carbocycles. The number of furan rings is 1. The first kappa shape index (κ1) is 12.7. The Hall–Kier alpha value is -0.770. The predicted molar refractivity (Wildman–Crippen MR) is 73.1 cm³/mol. The summed E-state index contributed by atoms with van der Waals surface area (Å²) in [7, 11) is 0. The Balaban J connectivity index is 1.96. The third-order valence-corrected chi connectivity index (χ3v) is 3.78. The van der Waals surface area contributed by atoms with Gasteiger partial charge in [-0.15, -0.1) is 0 Å². The van der Waals surface area contributed by atoms with E-state index in [-0.39, 0.29) is 6.04 Å². The highest BCUT2D eigenvalue weighted by molar-refractivity contribution is 9.10. The van der Waals surface area contributed by atoms with Crippen molar-refractivity contribution in [1.29, 1.82) is 0 Å². The van der Waals surface area contributed by atoms with Crippen molar-refractivity contribution in [2.75, 3.05) is 0 Å². The standard InChI is InChI=1S/C13H13BrClNO/c1-9(13-3-2-6-17-13)16-8-10-4-5-12(15)11(14)7-10/h2-7,9,16H,8H2,1H3/t9-/m1/s1. The second-order valence-electron chi connectivity index (χ2n) is 3.87. The average molecular weight is 315 g/mol. The van der Waals surface area contributed by atoms with Gasteiger partial charge >= 0.3 is 0 Å². The van der Waals surface area contributed by atoms with Crippen LogP contribution in [0.4, 0.5) is 0 Å². The second kappa shape index (κ2) is 5.71. The molecule has 1 N–H and O–H groups in total. The van der Waals surface area contributed by atoms with Crippen molar-refractivity contribution in [2.24, 2.45) is 0 Å². The number of halogens is 2. The summed E-state index contributed by atoms with van der Waals surface area (Å²) < 4.78 is 6.25. The highest BCUT2D eigenvalue weighted by atomic mass is 79.9. The summed E-state index contributed by atoms with van der Waals surface area (Å²) in [4.78, 5) is 0. The zero-order valence-corrected chi connectivity index (χ0v) is 11.8. The lowest BCUT2D eigenvalue weighted by Gasteiger charge is -2.11. The third-order valence-electron chi connectivity index (χ3n) is 2.57. The normalized spacial score (nSPS) is 12.6. The Bertz CT molecular complexity index is 484. The minimum atomic E-state index is 0.194. The number of hydrogen-bond acceptors (Lipinski definition) is 2. The van der Waals surface area contributed by atoms with Gasteiger partial charge in [0.15, 0.2) is 0 Å². The van der Waals surface area contributed by atoms with Crippen LogP contribution in [0.5, 0.6) is 0 Å². The highest BCUT2D eigenvalue weighted by Gasteiger charge is 2.07. The molecule has 0 spiro atoms. The van der Waals surface area contributed by atoms with Crippen molar-refractivity contribution >= 4 is 27.5 Å². The summed E-state index contributed by atoms with van der Waals surface area (Å²) in [6.45, 7) is 2.85. The van der Waals surface area contributed by atoms with Crippen molar-refractivity contribution in [1.82, 2.24) is 5.32 Å². The molecule has 1 heterocycles. The van der Waals surface area contributed by atoms with E-state index in [0.717, 1.165) is 21.8 Å². The van der Waals surface area contributed by atoms with Gasteiger partial charge in [0.1, 0.15) is 5.76 Å². The van der Waals surface area contributed by atoms with Gasteiger partial charge in [-0.05, 0) is 52.7 Å². The molecule has 0 aliphatic heterocycles. The van der Waals surface area contributed by atoms with Crippen LogP contribution in [0.2, 0.25) is 5.02 Å². The fourth-order valence-corrected chi connectivity index (χ4v) is 2.10. The second-order valence-corrected chi connectivity index (χ2v) is 5.13. The molecule has 2 nitrogen and oxygen atoms in total. The molecule has 1 aromatic heterocycles. The van der Waals surface area contributed by atoms with Crippen molar-refractivity contribution < 1.29 is 4.42 Å². The van der Waals surface area contributed by atoms with Crippen LogP contribution < -0.4 is 5.32 Å². The molecule has 0 unspecified atom stereocenters. The molecule has 2 aromatic rings. The molecular formula is C13H13BrClNO. The van der Waals surface area contributed by atoms with Crippen LogP contribution in [0.15, 0.2) is 45.5 Å². The summed E-state index contributed by atoms with van der Waals surface area (Å²) in [6.07, 6.45) is 1.69. The summed E-state index contributed by atoms with van der Waals surface area (Å²) in [5.41, 5.74) is 1.18. The summed E-state index contributed by atoms with van der Waals surface area (Å²) >= 11 is 9.36. The van der Waals surface area contributed by atoms with Crippen LogP contribution in [0.25, 0.3) is 0 Å². The topological polar surface area (TPSA) is 25.2 Å². The molecule has 0 saturated heterocycles. The van der Waals surface area contributed by atoms with Gasteiger partial charge in [-0.2, -0.15) is 0 Å². The van der Waals surface area contributed by atoms with E-state index in [1.165, 1.54) is 5.56 Å². The van der Waals surface area contributed by atoms with Crippen LogP contribution in [-0.2, 0) is 6.54 Å². The summed E-state index contributed by atoms with van der Waals surface area (Å²) in [5.74, 6) is 0.943. The first-order chi connectivity index (χ1) is 8.16. The molecule has 1 aromatic carbocycles. The van der Waals surface area contributed by atoms with Crippen molar-refractivity contribution in [3.63, 3.8) is 0 Å². The van der Waals surface area contributed by atoms with Gasteiger partial charge in [0.2, 0.25) is 0 Å². The molecule has 0 saturated carbocycles. The molecular weight excluding hydrogens is 302 g/mol. The molecule has 1 atom stereocenters. The number of nitrogens with one attached hydrogen (secondary N) is 1. The van der Waals surface area contributed by atoms with E-state index in [1.54, 1.807) is 6.26 Å². The minimum Gasteiger partial charge on any atom is -0.468 e. The molecule has 0 amide bonds. The predicted octanol–water partition coefficient (Wildman–Crippen LogP) is 4.55. The Labute approximate surface area is 114 Å². The van der Waals surface area contributed by atoms with Crippen molar-refractivity contribution in [3.05, 3.63) is 57.4 Å². The fraction of sp³-hybridized carbons (Fsp3) is 0.231. The van der Waals surface area contributed by atoms with E-state index < -0.39 is 0 Å². The average Bonchev–Trinajstić information content (AvgIpc) is 2.84. The maximum atomic E-state index is 5.94. The van der Waals surface area contributed by atoms with Crippen LogP contribution in [-0.4, -0.2) is 0 Å². The monoisotopic (exact) mass is 313 g/mol. The van der Waals surface area contributed by atoms with Gasteiger partial charge in [-0.3, -0.25) is 0 Å². The lowest BCUT2D eigenvalue weighted by molar-refractivity contribution is 0.430. The van der Waals surface area contributed by atoms with Gasteiger partial charge < -0.3 is 9.73 Å². The number of benzene rings is 1. The zero-order chi connectivity index (χ0) is 12.3. The van der Waals surface area contributed by atoms with Crippen LogP contribution in [0.1, 0.15) is 24.3 Å². The Morgan fingerprint density at radius 2 is 2.24 bits per heavy atom. The van der Waals surface area contributed by atoms with E-state index in [9.17, 15) is 0 Å². The quantitative estimate of drug-likeness (QED) is 0.896. The van der Waals surface area contributed by atoms with Crippen molar-refractivity contribution in [2.45, 2.75) is 19.5 Å². The van der Waals surface area contributed by atoms with Gasteiger partial charge in [-0.25, -0.2) is 0 Å². The van der Waals surface area contributed by atoms with E-state index in [2.05, 4.69) is 28.2 Å². The van der Waals surface area contributed by atoms with Gasteiger partial charge in [-0.1, -0.05) is 17.7 Å². The molecule has 0 radical (unpaired) electrons. The maximum Gasteiger partial charge on any atom is 0.120 e. The first-order valence-electron chi connectivity index (χ1n) is 5.37. The largest absolute Gasteiger partial charge is 0.468 e.